The summed E-state index contributed by atoms with van der Waals surface area (Å²) in [6, 6.07) is 14.5. The van der Waals surface area contributed by atoms with Crippen LogP contribution in [0, 0.1) is 6.92 Å². The van der Waals surface area contributed by atoms with Gasteiger partial charge in [0.15, 0.2) is 0 Å². The van der Waals surface area contributed by atoms with Crippen LogP contribution in [0.25, 0.3) is 10.9 Å². The van der Waals surface area contributed by atoms with Crippen molar-refractivity contribution in [3.05, 3.63) is 82.9 Å². The second-order valence-corrected chi connectivity index (χ2v) is 7.37. The van der Waals surface area contributed by atoms with E-state index in [1.54, 1.807) is 13.2 Å². The van der Waals surface area contributed by atoms with Crippen LogP contribution in [-0.2, 0) is 11.3 Å². The number of ketones is 1. The van der Waals surface area contributed by atoms with Crippen LogP contribution in [0.3, 0.4) is 0 Å². The number of hydrogen-bond donors (Lipinski definition) is 1. The van der Waals surface area contributed by atoms with Gasteiger partial charge in [0, 0.05) is 34.4 Å². The summed E-state index contributed by atoms with van der Waals surface area (Å²) in [6.45, 7) is 2.35. The molecule has 0 radical (unpaired) electrons. The first-order valence-corrected chi connectivity index (χ1v) is 9.88. The third-order valence-corrected chi connectivity index (χ3v) is 5.29. The Kier molecular flexibility index (Phi) is 5.68. The molecule has 1 N–H and O–H groups in total. The van der Waals surface area contributed by atoms with Gasteiger partial charge in [-0.2, -0.15) is 0 Å². The summed E-state index contributed by atoms with van der Waals surface area (Å²) in [5.41, 5.74) is 2.85. The number of aromatic nitrogens is 3. The molecule has 0 aliphatic heterocycles. The van der Waals surface area contributed by atoms with Gasteiger partial charge in [-0.25, -0.2) is 9.97 Å². The fourth-order valence-corrected chi connectivity index (χ4v) is 3.63. The zero-order chi connectivity index (χ0) is 22.0. The summed E-state index contributed by atoms with van der Waals surface area (Å²) in [6.07, 6.45) is 2.79. The predicted octanol–water partition coefficient (Wildman–Crippen LogP) is 4.27. The summed E-state index contributed by atoms with van der Waals surface area (Å²) in [7, 11) is 1.56. The third kappa shape index (κ3) is 4.13. The zero-order valence-corrected chi connectivity index (χ0v) is 17.7. The van der Waals surface area contributed by atoms with Crippen LogP contribution in [0.1, 0.15) is 21.6 Å². The highest BCUT2D eigenvalue weighted by Crippen LogP contribution is 2.31. The van der Waals surface area contributed by atoms with Crippen molar-refractivity contribution in [2.75, 3.05) is 12.4 Å². The average Bonchev–Trinajstić information content (AvgIpc) is 3.05. The van der Waals surface area contributed by atoms with Crippen molar-refractivity contribution in [1.82, 2.24) is 14.5 Å². The number of amides is 1. The van der Waals surface area contributed by atoms with Crippen molar-refractivity contribution < 1.29 is 14.3 Å². The topological polar surface area (TPSA) is 86.1 Å². The van der Waals surface area contributed by atoms with Crippen molar-refractivity contribution in [2.45, 2.75) is 13.5 Å². The molecule has 2 aromatic carbocycles. The first-order valence-electron chi connectivity index (χ1n) is 9.51. The number of anilines is 1. The standard InChI is InChI=1S/C23H19ClN4O3/c1-14-21(22(29)23(30)27-20-9-10-25-13-26-20)18-11-17(31-2)7-8-19(18)28(14)12-15-3-5-16(24)6-4-15/h3-11,13H,12H2,1-2H3,(H,25,26,27,30). The highest BCUT2D eigenvalue weighted by atomic mass is 35.5. The molecule has 2 heterocycles. The summed E-state index contributed by atoms with van der Waals surface area (Å²) in [5, 5.41) is 3.83. The minimum absolute atomic E-state index is 0.258. The van der Waals surface area contributed by atoms with Gasteiger partial charge in [-0.05, 0) is 48.9 Å². The van der Waals surface area contributed by atoms with E-state index in [0.717, 1.165) is 11.1 Å². The number of benzene rings is 2. The van der Waals surface area contributed by atoms with Gasteiger partial charge < -0.3 is 14.6 Å². The highest BCUT2D eigenvalue weighted by molar-refractivity contribution is 6.48. The van der Waals surface area contributed by atoms with E-state index in [1.807, 2.05) is 47.9 Å². The van der Waals surface area contributed by atoms with Gasteiger partial charge in [-0.1, -0.05) is 23.7 Å². The number of rotatable bonds is 6. The first-order chi connectivity index (χ1) is 15.0. The molecular formula is C23H19ClN4O3. The smallest absolute Gasteiger partial charge is 0.298 e. The van der Waals surface area contributed by atoms with Gasteiger partial charge in [-0.3, -0.25) is 9.59 Å². The van der Waals surface area contributed by atoms with E-state index >= 15 is 0 Å². The Hall–Kier alpha value is -3.71. The number of Topliss-reactive ketones (excluding diaryl/α,β-unsaturated/α-hetero) is 1. The largest absolute Gasteiger partial charge is 0.497 e. The minimum Gasteiger partial charge on any atom is -0.497 e. The molecule has 0 fully saturated rings. The number of hydrogen-bond acceptors (Lipinski definition) is 5. The molecule has 8 heteroatoms. The van der Waals surface area contributed by atoms with Gasteiger partial charge in [0.05, 0.1) is 12.7 Å². The Balaban J connectivity index is 1.78. The number of ether oxygens (including phenoxy) is 1. The SMILES string of the molecule is COc1ccc2c(c1)c(C(=O)C(=O)Nc1ccncn1)c(C)n2Cc1ccc(Cl)cc1. The molecular weight excluding hydrogens is 416 g/mol. The molecule has 4 aromatic rings. The lowest BCUT2D eigenvalue weighted by Gasteiger charge is -2.09. The maximum Gasteiger partial charge on any atom is 0.298 e. The molecule has 0 saturated heterocycles. The number of nitrogens with one attached hydrogen (secondary N) is 1. The van der Waals surface area contributed by atoms with Crippen LogP contribution in [0.5, 0.6) is 5.75 Å². The summed E-state index contributed by atoms with van der Waals surface area (Å²) >= 11 is 6.00. The summed E-state index contributed by atoms with van der Waals surface area (Å²) < 4.78 is 7.34. The number of carbonyl (C=O) groups excluding carboxylic acids is 2. The lowest BCUT2D eigenvalue weighted by atomic mass is 10.1. The van der Waals surface area contributed by atoms with Crippen LogP contribution in [0.2, 0.25) is 5.02 Å². The third-order valence-electron chi connectivity index (χ3n) is 5.04. The predicted molar refractivity (Wildman–Crippen MR) is 119 cm³/mol. The van der Waals surface area contributed by atoms with Crippen molar-refractivity contribution in [1.29, 1.82) is 0 Å². The van der Waals surface area contributed by atoms with Crippen LogP contribution < -0.4 is 10.1 Å². The van der Waals surface area contributed by atoms with E-state index in [-0.39, 0.29) is 5.82 Å². The molecule has 31 heavy (non-hydrogen) atoms. The van der Waals surface area contributed by atoms with Crippen molar-refractivity contribution in [2.24, 2.45) is 0 Å². The Morgan fingerprint density at radius 1 is 1.13 bits per heavy atom. The average molecular weight is 435 g/mol. The van der Waals surface area contributed by atoms with Crippen molar-refractivity contribution >= 4 is 40.0 Å². The van der Waals surface area contributed by atoms with E-state index in [4.69, 9.17) is 16.3 Å². The monoisotopic (exact) mass is 434 g/mol. The normalized spacial score (nSPS) is 10.8. The second kappa shape index (κ2) is 8.57. The van der Waals surface area contributed by atoms with Crippen LogP contribution >= 0.6 is 11.6 Å². The lowest BCUT2D eigenvalue weighted by Crippen LogP contribution is -2.24. The van der Waals surface area contributed by atoms with E-state index in [0.29, 0.717) is 34.0 Å². The number of nitrogens with zero attached hydrogens (tertiary/aromatic N) is 3. The molecule has 0 saturated carbocycles. The summed E-state index contributed by atoms with van der Waals surface area (Å²) in [5.74, 6) is -0.561. The molecule has 0 aliphatic carbocycles. The Bertz CT molecular complexity index is 1270. The van der Waals surface area contributed by atoms with Gasteiger partial charge in [0.25, 0.3) is 11.7 Å². The quantitative estimate of drug-likeness (QED) is 0.361. The number of methoxy groups -OCH3 is 1. The number of carbonyl (C=O) groups is 2. The lowest BCUT2D eigenvalue weighted by molar-refractivity contribution is -0.112. The second-order valence-electron chi connectivity index (χ2n) is 6.93. The van der Waals surface area contributed by atoms with Crippen LogP contribution in [-0.4, -0.2) is 33.3 Å². The Morgan fingerprint density at radius 2 is 1.90 bits per heavy atom. The molecule has 2 aromatic heterocycles. The van der Waals surface area contributed by atoms with Crippen LogP contribution in [0.15, 0.2) is 61.1 Å². The Morgan fingerprint density at radius 3 is 2.58 bits per heavy atom. The molecule has 156 valence electrons. The van der Waals surface area contributed by atoms with E-state index in [1.165, 1.54) is 18.6 Å². The van der Waals surface area contributed by atoms with Crippen molar-refractivity contribution in [3.63, 3.8) is 0 Å². The van der Waals surface area contributed by atoms with Crippen LogP contribution in [0.4, 0.5) is 5.82 Å². The van der Waals surface area contributed by atoms with E-state index in [2.05, 4.69) is 15.3 Å². The van der Waals surface area contributed by atoms with E-state index < -0.39 is 11.7 Å². The van der Waals surface area contributed by atoms with Gasteiger partial charge in [-0.15, -0.1) is 0 Å². The molecule has 0 aliphatic rings. The van der Waals surface area contributed by atoms with Gasteiger partial charge >= 0.3 is 0 Å². The maximum absolute atomic E-state index is 13.2. The fraction of sp³-hybridized carbons (Fsp3) is 0.130. The number of halogens is 1. The Labute approximate surface area is 183 Å². The van der Waals surface area contributed by atoms with E-state index in [9.17, 15) is 9.59 Å². The molecule has 0 unspecified atom stereocenters. The molecule has 0 bridgehead atoms. The number of fused-ring (bicyclic) bond motifs is 1. The highest BCUT2D eigenvalue weighted by Gasteiger charge is 2.26. The molecule has 0 atom stereocenters. The van der Waals surface area contributed by atoms with Gasteiger partial charge in [0.1, 0.15) is 17.9 Å². The van der Waals surface area contributed by atoms with Gasteiger partial charge in [0.2, 0.25) is 0 Å². The minimum atomic E-state index is -0.768. The first kappa shape index (κ1) is 20.6. The summed E-state index contributed by atoms with van der Waals surface area (Å²) in [4.78, 5) is 33.6. The molecule has 1 amide bonds. The molecule has 4 rings (SSSR count). The molecule has 0 spiro atoms. The molecule has 7 nitrogen and oxygen atoms in total. The zero-order valence-electron chi connectivity index (χ0n) is 16.9. The fourth-order valence-electron chi connectivity index (χ4n) is 3.50. The maximum atomic E-state index is 13.2. The van der Waals surface area contributed by atoms with Crippen molar-refractivity contribution in [3.8, 4) is 5.75 Å².